The number of rotatable bonds is 3. The van der Waals surface area contributed by atoms with Crippen LogP contribution in [0.3, 0.4) is 0 Å². The van der Waals surface area contributed by atoms with Crippen molar-refractivity contribution in [3.05, 3.63) is 152 Å². The van der Waals surface area contributed by atoms with Crippen LogP contribution in [-0.2, 0) is 0 Å². The number of hydrogen-bond donors (Lipinski definition) is 0. The summed E-state index contributed by atoms with van der Waals surface area (Å²) >= 11 is 0. The number of ether oxygens (including phenoxy) is 1. The van der Waals surface area contributed by atoms with Crippen molar-refractivity contribution in [1.82, 2.24) is 0 Å². The molecule has 8 rings (SSSR count). The van der Waals surface area contributed by atoms with Gasteiger partial charge in [0.2, 0.25) is 6.71 Å². The monoisotopic (exact) mass is 509 g/mol. The van der Waals surface area contributed by atoms with Crippen molar-refractivity contribution >= 4 is 63.3 Å². The molecule has 2 aliphatic rings. The van der Waals surface area contributed by atoms with Crippen LogP contribution < -0.4 is 42.4 Å². The van der Waals surface area contributed by atoms with Gasteiger partial charge < -0.3 is 9.64 Å². The zero-order valence-corrected chi connectivity index (χ0v) is 21.9. The molecule has 186 valence electrons. The number of nitrogens with zero attached hydrogens (tertiary/aromatic N) is 1. The molecule has 4 heteroatoms. The largest absolute Gasteiger partial charge is 0.456 e. The second-order valence-corrected chi connectivity index (χ2v) is 10.5. The Balaban J connectivity index is 1.46. The molecule has 40 heavy (non-hydrogen) atoms. The molecule has 6 aromatic carbocycles. The van der Waals surface area contributed by atoms with Crippen LogP contribution in [0.1, 0.15) is 0 Å². The van der Waals surface area contributed by atoms with Crippen LogP contribution in [0.2, 0.25) is 0 Å². The molecule has 0 saturated carbocycles. The maximum Gasteiger partial charge on any atom is 0.251 e. The van der Waals surface area contributed by atoms with Gasteiger partial charge in [0, 0.05) is 11.4 Å². The van der Waals surface area contributed by atoms with Crippen LogP contribution >= 0.6 is 0 Å². The van der Waals surface area contributed by atoms with Gasteiger partial charge in [-0.3, -0.25) is 0 Å². The van der Waals surface area contributed by atoms with Crippen LogP contribution in [0.5, 0.6) is 11.5 Å². The lowest BCUT2D eigenvalue weighted by Crippen LogP contribution is -2.60. The van der Waals surface area contributed by atoms with E-state index in [4.69, 9.17) is 4.74 Å². The van der Waals surface area contributed by atoms with Gasteiger partial charge in [0.05, 0.1) is 5.69 Å². The van der Waals surface area contributed by atoms with E-state index in [1.807, 2.05) is 0 Å². The number of fused-ring (bicyclic) bond motifs is 5. The minimum atomic E-state index is 0.0800. The standard InChI is InChI=1S/C36H25B2NO/c1-4-14-26(15-5-1)37-29-20-10-12-22-33(29)39(28-18-8-3-9-19-28)35-31(37)24-25-32-36(35)40-34-23-13-11-21-30(34)38(32)27-16-6-2-7-17-27/h1-25H. The Morgan fingerprint density at radius 3 is 1.65 bits per heavy atom. The molecule has 0 aliphatic carbocycles. The van der Waals surface area contributed by atoms with Crippen molar-refractivity contribution in [3.8, 4) is 11.5 Å². The van der Waals surface area contributed by atoms with E-state index >= 15 is 0 Å². The Bertz CT molecular complexity index is 1840. The highest BCUT2D eigenvalue weighted by Crippen LogP contribution is 2.42. The fourth-order valence-electron chi connectivity index (χ4n) is 6.57. The van der Waals surface area contributed by atoms with Gasteiger partial charge in [0.25, 0.3) is 6.71 Å². The molecule has 0 atom stereocenters. The molecule has 6 aromatic rings. The van der Waals surface area contributed by atoms with Gasteiger partial charge in [-0.1, -0.05) is 138 Å². The van der Waals surface area contributed by atoms with Gasteiger partial charge in [-0.15, -0.1) is 0 Å². The van der Waals surface area contributed by atoms with Crippen LogP contribution in [0.15, 0.2) is 152 Å². The molecular weight excluding hydrogens is 484 g/mol. The quantitative estimate of drug-likeness (QED) is 0.323. The molecule has 0 aromatic heterocycles. The van der Waals surface area contributed by atoms with Crippen molar-refractivity contribution in [2.75, 3.05) is 4.90 Å². The summed E-state index contributed by atoms with van der Waals surface area (Å²) in [6.07, 6.45) is 0. The molecule has 2 nitrogen and oxygen atoms in total. The molecule has 2 aliphatic heterocycles. The smallest absolute Gasteiger partial charge is 0.251 e. The van der Waals surface area contributed by atoms with Crippen LogP contribution in [0, 0.1) is 0 Å². The summed E-state index contributed by atoms with van der Waals surface area (Å²) in [4.78, 5) is 2.40. The molecule has 0 spiro atoms. The Hall–Kier alpha value is -4.95. The summed E-state index contributed by atoms with van der Waals surface area (Å²) in [5, 5.41) is 0. The highest BCUT2D eigenvalue weighted by atomic mass is 16.5. The van der Waals surface area contributed by atoms with Crippen molar-refractivity contribution in [2.45, 2.75) is 0 Å². The summed E-state index contributed by atoms with van der Waals surface area (Å²) in [5.74, 6) is 1.85. The number of anilines is 3. The molecule has 0 saturated heterocycles. The van der Waals surface area contributed by atoms with Crippen LogP contribution in [0.4, 0.5) is 17.1 Å². The van der Waals surface area contributed by atoms with E-state index in [1.165, 1.54) is 38.5 Å². The molecule has 2 heterocycles. The third kappa shape index (κ3) is 3.53. The van der Waals surface area contributed by atoms with Gasteiger partial charge in [0.1, 0.15) is 11.5 Å². The number of hydrogen-bond acceptors (Lipinski definition) is 2. The average Bonchev–Trinajstić information content (AvgIpc) is 3.03. The first kappa shape index (κ1) is 23.0. The third-order valence-electron chi connectivity index (χ3n) is 8.25. The van der Waals surface area contributed by atoms with Crippen LogP contribution in [-0.4, -0.2) is 13.4 Å². The highest BCUT2D eigenvalue weighted by molar-refractivity contribution is 6.99. The van der Waals surface area contributed by atoms with E-state index in [9.17, 15) is 0 Å². The van der Waals surface area contributed by atoms with E-state index in [1.54, 1.807) is 0 Å². The molecule has 0 bridgehead atoms. The van der Waals surface area contributed by atoms with E-state index < -0.39 is 0 Å². The molecule has 0 radical (unpaired) electrons. The van der Waals surface area contributed by atoms with Gasteiger partial charge in [-0.2, -0.15) is 0 Å². The maximum atomic E-state index is 6.94. The second kappa shape index (κ2) is 9.36. The van der Waals surface area contributed by atoms with Crippen molar-refractivity contribution in [3.63, 3.8) is 0 Å². The average molecular weight is 509 g/mol. The molecule has 0 unspecified atom stereocenters. The fraction of sp³-hybridized carbons (Fsp3) is 0. The lowest BCUT2D eigenvalue weighted by molar-refractivity contribution is 0.489. The lowest BCUT2D eigenvalue weighted by Gasteiger charge is -2.40. The summed E-state index contributed by atoms with van der Waals surface area (Å²) in [6.45, 7) is 0.171. The predicted molar refractivity (Wildman–Crippen MR) is 170 cm³/mol. The predicted octanol–water partition coefficient (Wildman–Crippen LogP) is 4.61. The number of benzene rings is 6. The number of para-hydroxylation sites is 3. The summed E-state index contributed by atoms with van der Waals surface area (Å²) in [6, 6.07) is 54.2. The van der Waals surface area contributed by atoms with E-state index in [0.29, 0.717) is 0 Å². The van der Waals surface area contributed by atoms with Gasteiger partial charge in [-0.05, 0) is 46.1 Å². The second-order valence-electron chi connectivity index (χ2n) is 10.5. The zero-order valence-electron chi connectivity index (χ0n) is 21.9. The van der Waals surface area contributed by atoms with E-state index in [2.05, 4.69) is 157 Å². The van der Waals surface area contributed by atoms with Crippen LogP contribution in [0.25, 0.3) is 0 Å². The molecule has 0 N–H and O–H groups in total. The Labute approximate surface area is 235 Å². The Morgan fingerprint density at radius 1 is 0.425 bits per heavy atom. The van der Waals surface area contributed by atoms with E-state index in [-0.39, 0.29) is 13.4 Å². The molecule has 0 amide bonds. The first-order valence-corrected chi connectivity index (χ1v) is 13.9. The van der Waals surface area contributed by atoms with Gasteiger partial charge >= 0.3 is 0 Å². The van der Waals surface area contributed by atoms with E-state index in [0.717, 1.165) is 22.9 Å². The summed E-state index contributed by atoms with van der Waals surface area (Å²) in [5.41, 5.74) is 10.9. The first-order valence-electron chi connectivity index (χ1n) is 13.9. The SMILES string of the molecule is c1ccc(B2c3ccccc3Oc3c2ccc2c3N(c3ccccc3)c3ccccc3B2c2ccccc2)cc1. The van der Waals surface area contributed by atoms with Gasteiger partial charge in [0.15, 0.2) is 0 Å². The Morgan fingerprint density at radius 2 is 0.950 bits per heavy atom. The van der Waals surface area contributed by atoms with Gasteiger partial charge in [-0.25, -0.2) is 0 Å². The first-order chi connectivity index (χ1) is 19.9. The Kier molecular flexibility index (Phi) is 5.38. The summed E-state index contributed by atoms with van der Waals surface area (Å²) < 4.78 is 6.94. The zero-order chi connectivity index (χ0) is 26.5. The molecular formula is C36H25B2NO. The normalized spacial score (nSPS) is 13.1. The molecule has 0 fully saturated rings. The maximum absolute atomic E-state index is 6.94. The van der Waals surface area contributed by atoms with Crippen molar-refractivity contribution in [1.29, 1.82) is 0 Å². The topological polar surface area (TPSA) is 12.5 Å². The third-order valence-corrected chi connectivity index (χ3v) is 8.25. The summed E-state index contributed by atoms with van der Waals surface area (Å²) in [7, 11) is 0. The lowest BCUT2D eigenvalue weighted by atomic mass is 9.33. The minimum Gasteiger partial charge on any atom is -0.456 e. The highest BCUT2D eigenvalue weighted by Gasteiger charge is 2.41. The van der Waals surface area contributed by atoms with Crippen molar-refractivity contribution < 1.29 is 4.74 Å². The fourth-order valence-corrected chi connectivity index (χ4v) is 6.57. The van der Waals surface area contributed by atoms with Crippen molar-refractivity contribution in [2.24, 2.45) is 0 Å². The minimum absolute atomic E-state index is 0.0800.